The first-order valence-corrected chi connectivity index (χ1v) is 8.84. The summed E-state index contributed by atoms with van der Waals surface area (Å²) in [6, 6.07) is 15.1. The van der Waals surface area contributed by atoms with Crippen LogP contribution >= 0.6 is 0 Å². The number of fused-ring (bicyclic) bond motifs is 3. The lowest BCUT2D eigenvalue weighted by Gasteiger charge is -2.24. The molecule has 5 heteroatoms. The van der Waals surface area contributed by atoms with E-state index in [0.29, 0.717) is 23.8 Å². The molecule has 138 valence electrons. The molecule has 0 aliphatic carbocycles. The smallest absolute Gasteiger partial charge is 0.254 e. The van der Waals surface area contributed by atoms with Crippen molar-refractivity contribution in [1.29, 1.82) is 0 Å². The van der Waals surface area contributed by atoms with E-state index in [0.717, 1.165) is 34.6 Å². The molecule has 0 fully saturated rings. The predicted molar refractivity (Wildman–Crippen MR) is 104 cm³/mol. The van der Waals surface area contributed by atoms with Crippen molar-refractivity contribution in [2.24, 2.45) is 0 Å². The second-order valence-electron chi connectivity index (χ2n) is 6.55. The number of rotatable bonds is 4. The summed E-state index contributed by atoms with van der Waals surface area (Å²) >= 11 is 0. The van der Waals surface area contributed by atoms with E-state index >= 15 is 0 Å². The third-order valence-corrected chi connectivity index (χ3v) is 4.91. The standard InChI is InChI=1S/C22H21NO4/c1-14-6-4-5-7-19(14)27-16-11-18-17-13-21(26-3)20(25-2)10-15(17)8-9-23(18)22(24)12-16/h4-7,10-13H,8-9H2,1-3H3. The summed E-state index contributed by atoms with van der Waals surface area (Å²) in [5, 5.41) is 0. The number of benzene rings is 2. The largest absolute Gasteiger partial charge is 0.493 e. The molecule has 5 nitrogen and oxygen atoms in total. The van der Waals surface area contributed by atoms with Gasteiger partial charge in [0.05, 0.1) is 19.9 Å². The Morgan fingerprint density at radius 1 is 0.926 bits per heavy atom. The highest BCUT2D eigenvalue weighted by Gasteiger charge is 2.21. The van der Waals surface area contributed by atoms with Crippen LogP contribution in [0.4, 0.5) is 0 Å². The molecule has 0 unspecified atom stereocenters. The lowest BCUT2D eigenvalue weighted by molar-refractivity contribution is 0.354. The van der Waals surface area contributed by atoms with Gasteiger partial charge in [-0.1, -0.05) is 18.2 Å². The third-order valence-electron chi connectivity index (χ3n) is 4.91. The first-order valence-electron chi connectivity index (χ1n) is 8.84. The van der Waals surface area contributed by atoms with Crippen molar-refractivity contribution in [2.75, 3.05) is 14.2 Å². The zero-order valence-corrected chi connectivity index (χ0v) is 15.6. The number of para-hydroxylation sites is 1. The van der Waals surface area contributed by atoms with E-state index in [4.69, 9.17) is 14.2 Å². The molecule has 27 heavy (non-hydrogen) atoms. The molecule has 1 aliphatic rings. The average Bonchev–Trinajstić information content (AvgIpc) is 2.68. The van der Waals surface area contributed by atoms with Crippen LogP contribution < -0.4 is 19.8 Å². The number of methoxy groups -OCH3 is 2. The number of aromatic nitrogens is 1. The Hall–Kier alpha value is -3.21. The Kier molecular flexibility index (Phi) is 4.36. The summed E-state index contributed by atoms with van der Waals surface area (Å²) in [5.41, 5.74) is 3.86. The number of hydrogen-bond donors (Lipinski definition) is 0. The normalized spacial score (nSPS) is 12.1. The van der Waals surface area contributed by atoms with Gasteiger partial charge in [-0.05, 0) is 42.7 Å². The second kappa shape index (κ2) is 6.83. The number of pyridine rings is 1. The van der Waals surface area contributed by atoms with Crippen molar-refractivity contribution in [3.05, 3.63) is 70.0 Å². The lowest BCUT2D eigenvalue weighted by Crippen LogP contribution is -2.25. The first-order chi connectivity index (χ1) is 13.1. The van der Waals surface area contributed by atoms with Gasteiger partial charge in [0.15, 0.2) is 11.5 Å². The highest BCUT2D eigenvalue weighted by Crippen LogP contribution is 2.39. The van der Waals surface area contributed by atoms with Gasteiger partial charge in [-0.15, -0.1) is 0 Å². The number of hydrogen-bond acceptors (Lipinski definition) is 4. The topological polar surface area (TPSA) is 49.7 Å². The molecule has 3 aromatic rings. The van der Waals surface area contributed by atoms with Crippen molar-refractivity contribution in [3.8, 4) is 34.3 Å². The maximum atomic E-state index is 12.7. The summed E-state index contributed by atoms with van der Waals surface area (Å²) in [5.74, 6) is 2.61. The molecule has 1 aromatic heterocycles. The zero-order chi connectivity index (χ0) is 19.0. The summed E-state index contributed by atoms with van der Waals surface area (Å²) in [6.45, 7) is 2.61. The molecule has 0 atom stereocenters. The molecule has 0 radical (unpaired) electrons. The highest BCUT2D eigenvalue weighted by molar-refractivity contribution is 5.71. The van der Waals surface area contributed by atoms with Crippen LogP contribution in [0.15, 0.2) is 53.3 Å². The van der Waals surface area contributed by atoms with Gasteiger partial charge in [0.1, 0.15) is 11.5 Å². The first kappa shape index (κ1) is 17.2. The predicted octanol–water partition coefficient (Wildman–Crippen LogP) is 4.19. The van der Waals surface area contributed by atoms with Crippen LogP contribution in [-0.4, -0.2) is 18.8 Å². The van der Waals surface area contributed by atoms with Crippen molar-refractivity contribution in [2.45, 2.75) is 19.9 Å². The molecular weight excluding hydrogens is 342 g/mol. The van der Waals surface area contributed by atoms with Gasteiger partial charge in [-0.3, -0.25) is 4.79 Å². The molecule has 0 saturated carbocycles. The molecule has 0 saturated heterocycles. The summed E-state index contributed by atoms with van der Waals surface area (Å²) in [7, 11) is 3.23. The van der Waals surface area contributed by atoms with Gasteiger partial charge in [0.25, 0.3) is 5.56 Å². The van der Waals surface area contributed by atoms with E-state index in [1.54, 1.807) is 24.9 Å². The van der Waals surface area contributed by atoms with Gasteiger partial charge < -0.3 is 18.8 Å². The molecule has 0 amide bonds. The van der Waals surface area contributed by atoms with Crippen LogP contribution in [0, 0.1) is 6.92 Å². The van der Waals surface area contributed by atoms with Crippen LogP contribution in [0.1, 0.15) is 11.1 Å². The van der Waals surface area contributed by atoms with Crippen LogP contribution in [-0.2, 0) is 13.0 Å². The summed E-state index contributed by atoms with van der Waals surface area (Å²) in [6.07, 6.45) is 0.764. The van der Waals surface area contributed by atoms with Crippen LogP contribution in [0.25, 0.3) is 11.3 Å². The van der Waals surface area contributed by atoms with Crippen molar-refractivity contribution in [1.82, 2.24) is 4.57 Å². The van der Waals surface area contributed by atoms with E-state index in [9.17, 15) is 4.79 Å². The molecule has 4 rings (SSSR count). The quantitative estimate of drug-likeness (QED) is 0.697. The SMILES string of the molecule is COc1cc2c(cc1OC)-c1cc(Oc3ccccc3C)cc(=O)n1CC2. The highest BCUT2D eigenvalue weighted by atomic mass is 16.5. The molecule has 0 spiro atoms. The van der Waals surface area contributed by atoms with Crippen molar-refractivity contribution in [3.63, 3.8) is 0 Å². The Morgan fingerprint density at radius 2 is 1.67 bits per heavy atom. The average molecular weight is 363 g/mol. The van der Waals surface area contributed by atoms with Gasteiger partial charge in [-0.2, -0.15) is 0 Å². The fourth-order valence-corrected chi connectivity index (χ4v) is 3.48. The summed E-state index contributed by atoms with van der Waals surface area (Å²) < 4.78 is 18.6. The van der Waals surface area contributed by atoms with Gasteiger partial charge in [0.2, 0.25) is 0 Å². The third kappa shape index (κ3) is 3.05. The fourth-order valence-electron chi connectivity index (χ4n) is 3.48. The van der Waals surface area contributed by atoms with E-state index in [-0.39, 0.29) is 5.56 Å². The summed E-state index contributed by atoms with van der Waals surface area (Å²) in [4.78, 5) is 12.7. The lowest BCUT2D eigenvalue weighted by atomic mass is 9.96. The molecular formula is C22H21NO4. The monoisotopic (exact) mass is 363 g/mol. The zero-order valence-electron chi connectivity index (χ0n) is 15.6. The Morgan fingerprint density at radius 3 is 2.41 bits per heavy atom. The van der Waals surface area contributed by atoms with E-state index in [1.165, 1.54) is 0 Å². The maximum absolute atomic E-state index is 12.7. The minimum Gasteiger partial charge on any atom is -0.493 e. The Balaban J connectivity index is 1.83. The fraction of sp³-hybridized carbons (Fsp3) is 0.227. The Labute approximate surface area is 157 Å². The second-order valence-corrected chi connectivity index (χ2v) is 6.55. The number of ether oxygens (including phenoxy) is 3. The van der Waals surface area contributed by atoms with Crippen molar-refractivity contribution >= 4 is 0 Å². The van der Waals surface area contributed by atoms with Crippen LogP contribution in [0.3, 0.4) is 0 Å². The minimum absolute atomic E-state index is 0.0727. The molecule has 1 aliphatic heterocycles. The molecule has 0 bridgehead atoms. The van der Waals surface area contributed by atoms with Crippen LogP contribution in [0.2, 0.25) is 0 Å². The molecule has 2 heterocycles. The Bertz CT molecular complexity index is 1070. The van der Waals surface area contributed by atoms with E-state index < -0.39 is 0 Å². The minimum atomic E-state index is -0.0727. The maximum Gasteiger partial charge on any atom is 0.254 e. The van der Waals surface area contributed by atoms with Gasteiger partial charge in [0, 0.05) is 24.2 Å². The number of aryl methyl sites for hydroxylation is 2. The van der Waals surface area contributed by atoms with Gasteiger partial charge >= 0.3 is 0 Å². The number of nitrogens with zero attached hydrogens (tertiary/aromatic N) is 1. The molecule has 0 N–H and O–H groups in total. The van der Waals surface area contributed by atoms with E-state index in [2.05, 4.69) is 0 Å². The van der Waals surface area contributed by atoms with Crippen molar-refractivity contribution < 1.29 is 14.2 Å². The van der Waals surface area contributed by atoms with Gasteiger partial charge in [-0.25, -0.2) is 0 Å². The van der Waals surface area contributed by atoms with Crippen LogP contribution in [0.5, 0.6) is 23.0 Å². The molecule has 2 aromatic carbocycles. The van der Waals surface area contributed by atoms with E-state index in [1.807, 2.05) is 49.4 Å².